The van der Waals surface area contributed by atoms with Crippen molar-refractivity contribution >= 4 is 11.8 Å². The molecule has 3 rings (SSSR count). The lowest BCUT2D eigenvalue weighted by atomic mass is 10.1. The van der Waals surface area contributed by atoms with Gasteiger partial charge in [0.2, 0.25) is 5.91 Å². The summed E-state index contributed by atoms with van der Waals surface area (Å²) in [6.45, 7) is 1.13. The van der Waals surface area contributed by atoms with Crippen LogP contribution in [0.15, 0.2) is 60.7 Å². The third-order valence-corrected chi connectivity index (χ3v) is 4.36. The first-order chi connectivity index (χ1) is 11.8. The lowest BCUT2D eigenvalue weighted by molar-refractivity contribution is -0.125. The quantitative estimate of drug-likeness (QED) is 0.941. The molecule has 2 amide bonds. The maximum Gasteiger partial charge on any atom is 0.254 e. The fraction of sp³-hybridized carbons (Fsp3) is 0.300. The molecule has 2 aromatic rings. The van der Waals surface area contributed by atoms with Crippen LogP contribution < -0.4 is 5.32 Å². The van der Waals surface area contributed by atoms with Crippen LogP contribution in [0.1, 0.15) is 35.2 Å². The van der Waals surface area contributed by atoms with E-state index in [0.29, 0.717) is 25.1 Å². The second-order valence-corrected chi connectivity index (χ2v) is 6.09. The monoisotopic (exact) mass is 322 g/mol. The Morgan fingerprint density at radius 2 is 1.67 bits per heavy atom. The van der Waals surface area contributed by atoms with Crippen LogP contribution in [0.25, 0.3) is 0 Å². The van der Waals surface area contributed by atoms with Gasteiger partial charge in [0.1, 0.15) is 6.04 Å². The maximum absolute atomic E-state index is 13.1. The molecule has 0 aliphatic carbocycles. The van der Waals surface area contributed by atoms with Crippen LogP contribution in [0.4, 0.5) is 0 Å². The summed E-state index contributed by atoms with van der Waals surface area (Å²) in [5, 5.41) is 2.93. The highest BCUT2D eigenvalue weighted by atomic mass is 16.2. The average molecular weight is 322 g/mol. The molecule has 124 valence electrons. The van der Waals surface area contributed by atoms with Crippen molar-refractivity contribution in [1.82, 2.24) is 10.2 Å². The normalized spacial score (nSPS) is 17.7. The molecule has 1 fully saturated rings. The predicted molar refractivity (Wildman–Crippen MR) is 93.4 cm³/mol. The zero-order valence-corrected chi connectivity index (χ0v) is 13.7. The Balaban J connectivity index is 1.90. The molecule has 2 aromatic carbocycles. The summed E-state index contributed by atoms with van der Waals surface area (Å²) in [5.41, 5.74) is 1.64. The number of rotatable bonds is 4. The van der Waals surface area contributed by atoms with E-state index in [4.69, 9.17) is 0 Å². The van der Waals surface area contributed by atoms with Crippen LogP contribution >= 0.6 is 0 Å². The summed E-state index contributed by atoms with van der Waals surface area (Å²) in [6.07, 6.45) is 2.61. The molecule has 0 spiro atoms. The van der Waals surface area contributed by atoms with Gasteiger partial charge in [0, 0.05) is 18.7 Å². The van der Waals surface area contributed by atoms with Crippen molar-refractivity contribution in [3.8, 4) is 0 Å². The largest absolute Gasteiger partial charge is 0.354 e. The molecule has 0 aromatic heterocycles. The van der Waals surface area contributed by atoms with Gasteiger partial charge < -0.3 is 10.2 Å². The zero-order chi connectivity index (χ0) is 16.8. The minimum atomic E-state index is -0.416. The van der Waals surface area contributed by atoms with Gasteiger partial charge in [-0.25, -0.2) is 0 Å². The van der Waals surface area contributed by atoms with E-state index in [1.54, 1.807) is 17.0 Å². The van der Waals surface area contributed by atoms with Crippen LogP contribution in [0.2, 0.25) is 0 Å². The van der Waals surface area contributed by atoms with E-state index in [2.05, 4.69) is 5.32 Å². The Morgan fingerprint density at radius 1 is 1.00 bits per heavy atom. The van der Waals surface area contributed by atoms with E-state index in [9.17, 15) is 9.59 Å². The summed E-state index contributed by atoms with van der Waals surface area (Å²) in [4.78, 5) is 27.2. The number of amides is 2. The van der Waals surface area contributed by atoms with Gasteiger partial charge in [-0.15, -0.1) is 0 Å². The Labute approximate surface area is 142 Å². The molecule has 0 bridgehead atoms. The molecule has 1 heterocycles. The molecule has 24 heavy (non-hydrogen) atoms. The molecule has 1 unspecified atom stereocenters. The average Bonchev–Trinajstić information content (AvgIpc) is 2.85. The summed E-state index contributed by atoms with van der Waals surface area (Å²) >= 11 is 0. The molecule has 1 N–H and O–H groups in total. The van der Waals surface area contributed by atoms with Crippen molar-refractivity contribution < 1.29 is 9.59 Å². The number of hydrogen-bond donors (Lipinski definition) is 1. The minimum absolute atomic E-state index is 0.0484. The van der Waals surface area contributed by atoms with Gasteiger partial charge in [-0.2, -0.15) is 0 Å². The van der Waals surface area contributed by atoms with E-state index in [0.717, 1.165) is 18.4 Å². The Kier molecular flexibility index (Phi) is 5.26. The van der Waals surface area contributed by atoms with Crippen LogP contribution in [0.5, 0.6) is 0 Å². The second kappa shape index (κ2) is 7.77. The van der Waals surface area contributed by atoms with Crippen molar-refractivity contribution in [3.63, 3.8) is 0 Å². The molecule has 0 saturated carbocycles. The zero-order valence-electron chi connectivity index (χ0n) is 13.7. The first kappa shape index (κ1) is 16.2. The van der Waals surface area contributed by atoms with Crippen molar-refractivity contribution in [2.75, 3.05) is 6.54 Å². The van der Waals surface area contributed by atoms with E-state index < -0.39 is 6.04 Å². The molecule has 1 aliphatic rings. The lowest BCUT2D eigenvalue weighted by Gasteiger charge is -2.30. The number of nitrogens with one attached hydrogen (secondary N) is 1. The molecular formula is C20H22N2O2. The van der Waals surface area contributed by atoms with Gasteiger partial charge in [0.05, 0.1) is 0 Å². The van der Waals surface area contributed by atoms with Crippen molar-refractivity contribution in [2.45, 2.75) is 31.8 Å². The Hall–Kier alpha value is -2.62. The number of hydrogen-bond acceptors (Lipinski definition) is 2. The van der Waals surface area contributed by atoms with Crippen LogP contribution in [0, 0.1) is 0 Å². The molecule has 1 saturated heterocycles. The SMILES string of the molecule is O=C1NCCCCC1N(Cc1ccccc1)C(=O)c1ccccc1. The van der Waals surface area contributed by atoms with E-state index in [1.165, 1.54) is 0 Å². The molecule has 0 radical (unpaired) electrons. The van der Waals surface area contributed by atoms with Gasteiger partial charge in [-0.1, -0.05) is 48.5 Å². The highest BCUT2D eigenvalue weighted by molar-refractivity contribution is 5.97. The van der Waals surface area contributed by atoms with E-state index in [-0.39, 0.29) is 11.8 Å². The number of carbonyl (C=O) groups excluding carboxylic acids is 2. The molecule has 4 heteroatoms. The summed E-state index contributed by atoms with van der Waals surface area (Å²) in [7, 11) is 0. The fourth-order valence-electron chi connectivity index (χ4n) is 3.07. The smallest absolute Gasteiger partial charge is 0.254 e. The summed E-state index contributed by atoms with van der Waals surface area (Å²) in [5.74, 6) is -0.144. The lowest BCUT2D eigenvalue weighted by Crippen LogP contribution is -2.48. The van der Waals surface area contributed by atoms with E-state index in [1.807, 2.05) is 48.5 Å². The minimum Gasteiger partial charge on any atom is -0.354 e. The summed E-state index contributed by atoms with van der Waals surface area (Å²) in [6, 6.07) is 18.6. The third-order valence-electron chi connectivity index (χ3n) is 4.36. The highest BCUT2D eigenvalue weighted by Gasteiger charge is 2.31. The molecule has 4 nitrogen and oxygen atoms in total. The van der Waals surface area contributed by atoms with Crippen molar-refractivity contribution in [3.05, 3.63) is 71.8 Å². The van der Waals surface area contributed by atoms with Gasteiger partial charge in [0.25, 0.3) is 5.91 Å². The number of nitrogens with zero attached hydrogens (tertiary/aromatic N) is 1. The fourth-order valence-corrected chi connectivity index (χ4v) is 3.07. The molecular weight excluding hydrogens is 300 g/mol. The highest BCUT2D eigenvalue weighted by Crippen LogP contribution is 2.19. The van der Waals surface area contributed by atoms with Crippen LogP contribution in [-0.4, -0.2) is 29.3 Å². The topological polar surface area (TPSA) is 49.4 Å². The first-order valence-electron chi connectivity index (χ1n) is 8.43. The van der Waals surface area contributed by atoms with Gasteiger partial charge in [0.15, 0.2) is 0 Å². The second-order valence-electron chi connectivity index (χ2n) is 6.09. The van der Waals surface area contributed by atoms with Gasteiger partial charge >= 0.3 is 0 Å². The van der Waals surface area contributed by atoms with Crippen LogP contribution in [-0.2, 0) is 11.3 Å². The van der Waals surface area contributed by atoms with Crippen molar-refractivity contribution in [1.29, 1.82) is 0 Å². The van der Waals surface area contributed by atoms with Crippen molar-refractivity contribution in [2.24, 2.45) is 0 Å². The maximum atomic E-state index is 13.1. The third kappa shape index (κ3) is 3.82. The van der Waals surface area contributed by atoms with Gasteiger partial charge in [-0.05, 0) is 37.0 Å². The van der Waals surface area contributed by atoms with Crippen LogP contribution in [0.3, 0.4) is 0 Å². The number of carbonyl (C=O) groups is 2. The summed E-state index contributed by atoms with van der Waals surface area (Å²) < 4.78 is 0. The first-order valence-corrected chi connectivity index (χ1v) is 8.43. The van der Waals surface area contributed by atoms with E-state index >= 15 is 0 Å². The van der Waals surface area contributed by atoms with Gasteiger partial charge in [-0.3, -0.25) is 9.59 Å². The molecule has 1 aliphatic heterocycles. The Morgan fingerprint density at radius 3 is 2.38 bits per heavy atom. The number of benzene rings is 2. The Bertz CT molecular complexity index is 685. The molecule has 1 atom stereocenters. The predicted octanol–water partition coefficient (Wildman–Crippen LogP) is 3.00. The standard InChI is InChI=1S/C20H22N2O2/c23-19-18(13-7-8-14-21-19)22(15-16-9-3-1-4-10-16)20(24)17-11-5-2-6-12-17/h1-6,9-12,18H,7-8,13-15H2,(H,21,23).